The standard InChI is InChI=1S/C18H17.C9H13.C2H6Si.2ClH.Zr/c1-12-9-10-13(2)18-16(12)11-14(3)17(18)15-7-5-4-6-8-15;1-6-5-7(2)9(4)8(6)3;1-3-2;;;/h4-11H,1-3H3;6H,1-4H3;1-2H3;2*1H;/q2*-1;;;;+2/p-2. The third-order valence-corrected chi connectivity index (χ3v) is 5.98. The van der Waals surface area contributed by atoms with Crippen LogP contribution in [-0.4, -0.2) is 5.43 Å². The minimum atomic E-state index is 0. The van der Waals surface area contributed by atoms with Crippen molar-refractivity contribution in [3.63, 3.8) is 0 Å². The van der Waals surface area contributed by atoms with Gasteiger partial charge in [-0.25, -0.2) is 5.57 Å². The maximum absolute atomic E-state index is 3.36. The van der Waals surface area contributed by atoms with Gasteiger partial charge in [-0.05, 0) is 6.92 Å². The summed E-state index contributed by atoms with van der Waals surface area (Å²) in [6.07, 6.45) is 3.36. The van der Waals surface area contributed by atoms with E-state index < -0.39 is 0 Å². The van der Waals surface area contributed by atoms with E-state index in [1.54, 1.807) is 23.3 Å². The van der Waals surface area contributed by atoms with E-state index in [1.807, 2.05) is 0 Å². The first-order valence-electron chi connectivity index (χ1n) is 11.1. The number of allylic oxidation sites excluding steroid dienone is 4. The molecule has 0 aromatic heterocycles. The molecular weight excluding hydrogens is 539 g/mol. The summed E-state index contributed by atoms with van der Waals surface area (Å²) in [5, 5.41) is 2.81. The Kier molecular flexibility index (Phi) is 14.2. The first-order chi connectivity index (χ1) is 14.5. The van der Waals surface area contributed by atoms with Gasteiger partial charge in [-0.2, -0.15) is 11.1 Å². The van der Waals surface area contributed by atoms with Crippen molar-refractivity contribution in [3.8, 4) is 11.1 Å². The second kappa shape index (κ2) is 14.6. The monoisotopic (exact) mass is 572 g/mol. The molecule has 1 aliphatic carbocycles. The molecule has 0 heterocycles. The van der Waals surface area contributed by atoms with Crippen molar-refractivity contribution in [2.24, 2.45) is 5.92 Å². The molecule has 33 heavy (non-hydrogen) atoms. The fourth-order valence-corrected chi connectivity index (χ4v) is 3.97. The van der Waals surface area contributed by atoms with E-state index in [0.717, 1.165) is 0 Å². The molecule has 0 nitrogen and oxygen atoms in total. The van der Waals surface area contributed by atoms with E-state index in [2.05, 4.69) is 116 Å². The van der Waals surface area contributed by atoms with Crippen molar-refractivity contribution >= 4 is 16.2 Å². The van der Waals surface area contributed by atoms with Crippen molar-refractivity contribution in [1.82, 2.24) is 0 Å². The second-order valence-electron chi connectivity index (χ2n) is 8.86. The molecule has 0 aliphatic heterocycles. The molecular formula is C29H36Cl2SiZr-2. The molecule has 0 spiro atoms. The van der Waals surface area contributed by atoms with Gasteiger partial charge in [-0.15, -0.1) is 46.5 Å². The van der Waals surface area contributed by atoms with Gasteiger partial charge in [-0.3, -0.25) is 6.08 Å². The minimum Gasteiger partial charge on any atom is -1.00 e. The Morgan fingerprint density at radius 2 is 1.36 bits per heavy atom. The number of fused-ring (bicyclic) bond motifs is 1. The van der Waals surface area contributed by atoms with Crippen LogP contribution in [0.2, 0.25) is 13.1 Å². The van der Waals surface area contributed by atoms with Crippen LogP contribution in [0.4, 0.5) is 0 Å². The summed E-state index contributed by atoms with van der Waals surface area (Å²) in [4.78, 5) is 0. The maximum atomic E-state index is 3.36. The largest absolute Gasteiger partial charge is 1.00 e. The summed E-state index contributed by atoms with van der Waals surface area (Å²) in [6, 6.07) is 17.4. The van der Waals surface area contributed by atoms with Crippen molar-refractivity contribution in [1.29, 1.82) is 0 Å². The Hall–Kier alpha value is -0.790. The molecule has 0 bridgehead atoms. The molecule has 0 saturated heterocycles. The fraction of sp³-hybridized carbons (Fsp3) is 0.345. The van der Waals surface area contributed by atoms with Gasteiger partial charge in [-0.1, -0.05) is 88.1 Å². The van der Waals surface area contributed by atoms with Gasteiger partial charge in [0.05, 0.1) is 0 Å². The van der Waals surface area contributed by atoms with E-state index in [9.17, 15) is 0 Å². The summed E-state index contributed by atoms with van der Waals surface area (Å²) in [5.41, 5.74) is 11.3. The zero-order valence-electron chi connectivity index (χ0n) is 21.5. The Morgan fingerprint density at radius 3 is 1.79 bits per heavy atom. The zero-order valence-corrected chi connectivity index (χ0v) is 26.4. The SMILES string of the molecule is CC1=[C-]C(C)C(C)=C1C.C[Si](C)=[Zr+2].Cc1[cH-]c2c(C)ccc(C)c2c1-c1ccccc1.[Cl-].[Cl-]. The summed E-state index contributed by atoms with van der Waals surface area (Å²) in [6.45, 7) is 19.9. The normalized spacial score (nSPS) is 14.3. The molecule has 176 valence electrons. The molecule has 3 aromatic carbocycles. The van der Waals surface area contributed by atoms with Crippen LogP contribution in [0.25, 0.3) is 21.9 Å². The molecule has 4 heteroatoms. The van der Waals surface area contributed by atoms with Gasteiger partial charge in [0.25, 0.3) is 0 Å². The second-order valence-corrected chi connectivity index (χ2v) is 18.2. The Balaban J connectivity index is 0.000000580. The van der Waals surface area contributed by atoms with E-state index in [4.69, 9.17) is 0 Å². The third-order valence-electron chi connectivity index (χ3n) is 5.98. The molecule has 0 N–H and O–H groups in total. The minimum absolute atomic E-state index is 0. The topological polar surface area (TPSA) is 0 Å². The van der Waals surface area contributed by atoms with Crippen LogP contribution in [0.1, 0.15) is 44.4 Å². The summed E-state index contributed by atoms with van der Waals surface area (Å²) in [7, 11) is 0. The molecule has 0 amide bonds. The van der Waals surface area contributed by atoms with Crippen LogP contribution in [0, 0.1) is 32.8 Å². The van der Waals surface area contributed by atoms with Gasteiger partial charge in [0.2, 0.25) is 0 Å². The van der Waals surface area contributed by atoms with Crippen LogP contribution < -0.4 is 24.8 Å². The average Bonchev–Trinajstić information content (AvgIpc) is 3.18. The van der Waals surface area contributed by atoms with Crippen LogP contribution in [0.3, 0.4) is 0 Å². The van der Waals surface area contributed by atoms with Crippen molar-refractivity contribution in [2.45, 2.75) is 61.6 Å². The number of benzene rings is 2. The zero-order chi connectivity index (χ0) is 23.3. The summed E-state index contributed by atoms with van der Waals surface area (Å²) < 4.78 is 0. The maximum Gasteiger partial charge on any atom is -0.0487 e. The number of hydrogen-bond acceptors (Lipinski definition) is 0. The molecule has 0 radical (unpaired) electrons. The molecule has 0 fully saturated rings. The molecule has 1 aliphatic rings. The van der Waals surface area contributed by atoms with Crippen LogP contribution in [0.15, 0.2) is 65.3 Å². The Labute approximate surface area is 229 Å². The summed E-state index contributed by atoms with van der Waals surface area (Å²) >= 11 is 1.74. The van der Waals surface area contributed by atoms with Crippen molar-refractivity contribution < 1.29 is 48.1 Å². The smallest absolute Gasteiger partial charge is 0.0487 e. The number of hydrogen-bond donors (Lipinski definition) is 0. The number of halogens is 2. The van der Waals surface area contributed by atoms with E-state index in [1.165, 1.54) is 55.3 Å². The van der Waals surface area contributed by atoms with E-state index in [0.29, 0.717) is 5.92 Å². The predicted molar refractivity (Wildman–Crippen MR) is 137 cm³/mol. The van der Waals surface area contributed by atoms with Crippen molar-refractivity contribution in [2.75, 3.05) is 0 Å². The molecule has 3 aromatic rings. The molecule has 4 rings (SSSR count). The Bertz CT molecular complexity index is 1130. The van der Waals surface area contributed by atoms with Gasteiger partial charge in [0.1, 0.15) is 0 Å². The van der Waals surface area contributed by atoms with Crippen LogP contribution in [0.5, 0.6) is 0 Å². The quantitative estimate of drug-likeness (QED) is 0.310. The predicted octanol–water partition coefficient (Wildman–Crippen LogP) is 2.67. The third kappa shape index (κ3) is 8.43. The molecule has 1 unspecified atom stereocenters. The molecule has 0 saturated carbocycles. The van der Waals surface area contributed by atoms with Crippen LogP contribution >= 0.6 is 0 Å². The Morgan fingerprint density at radius 1 is 0.848 bits per heavy atom. The number of rotatable bonds is 1. The van der Waals surface area contributed by atoms with Gasteiger partial charge in [0.15, 0.2) is 0 Å². The van der Waals surface area contributed by atoms with E-state index >= 15 is 0 Å². The number of aryl methyl sites for hydroxylation is 3. The van der Waals surface area contributed by atoms with Gasteiger partial charge < -0.3 is 24.8 Å². The first-order valence-corrected chi connectivity index (χ1v) is 17.2. The van der Waals surface area contributed by atoms with Gasteiger partial charge in [0, 0.05) is 0 Å². The van der Waals surface area contributed by atoms with E-state index in [-0.39, 0.29) is 30.2 Å². The molecule has 1 atom stereocenters. The van der Waals surface area contributed by atoms with Crippen molar-refractivity contribution in [3.05, 3.63) is 88.0 Å². The first kappa shape index (κ1) is 32.2. The summed E-state index contributed by atoms with van der Waals surface area (Å²) in [5.74, 6) is 0.560. The average molecular weight is 575 g/mol. The fourth-order valence-electron chi connectivity index (χ4n) is 3.97. The van der Waals surface area contributed by atoms with Crippen LogP contribution in [-0.2, 0) is 23.3 Å². The van der Waals surface area contributed by atoms with Gasteiger partial charge >= 0.3 is 41.9 Å².